The van der Waals surface area contributed by atoms with Crippen molar-refractivity contribution in [3.63, 3.8) is 0 Å². The number of nitrogens with zero attached hydrogens (tertiary/aromatic N) is 3. The average molecular weight is 428 g/mol. The first-order valence-electron chi connectivity index (χ1n) is 9.03. The average Bonchev–Trinajstić information content (AvgIpc) is 3.36. The summed E-state index contributed by atoms with van der Waals surface area (Å²) in [5, 5.41) is 12.8. The number of amides is 4. The SMILES string of the molecule is CC(Sc1nnc(-c2ccco2)n1CCC(N)=O)C(=O)NC(=O)Nc1ccccc1. The van der Waals surface area contributed by atoms with Crippen molar-refractivity contribution in [1.29, 1.82) is 0 Å². The maximum absolute atomic E-state index is 12.4. The lowest BCUT2D eigenvalue weighted by Gasteiger charge is -2.13. The normalized spacial score (nSPS) is 11.6. The molecule has 0 aliphatic heterocycles. The number of para-hydroxylation sites is 1. The number of aromatic nitrogens is 3. The third-order valence-electron chi connectivity index (χ3n) is 3.96. The highest BCUT2D eigenvalue weighted by Crippen LogP contribution is 2.27. The van der Waals surface area contributed by atoms with E-state index in [1.807, 2.05) is 6.07 Å². The summed E-state index contributed by atoms with van der Waals surface area (Å²) in [6.07, 6.45) is 1.57. The number of primary amides is 1. The van der Waals surface area contributed by atoms with Crippen LogP contribution in [0.15, 0.2) is 58.3 Å². The maximum atomic E-state index is 12.4. The Morgan fingerprint density at radius 1 is 1.17 bits per heavy atom. The minimum absolute atomic E-state index is 0.0688. The first kappa shape index (κ1) is 21.1. The molecule has 30 heavy (non-hydrogen) atoms. The van der Waals surface area contributed by atoms with Gasteiger partial charge in [-0.2, -0.15) is 0 Å². The van der Waals surface area contributed by atoms with E-state index in [1.54, 1.807) is 47.9 Å². The zero-order valence-corrected chi connectivity index (χ0v) is 16.9. The second-order valence-electron chi connectivity index (χ2n) is 6.22. The van der Waals surface area contributed by atoms with Gasteiger partial charge in [-0.15, -0.1) is 10.2 Å². The van der Waals surface area contributed by atoms with Crippen molar-refractivity contribution >= 4 is 35.3 Å². The van der Waals surface area contributed by atoms with E-state index in [0.717, 1.165) is 11.8 Å². The maximum Gasteiger partial charge on any atom is 0.325 e. The van der Waals surface area contributed by atoms with Gasteiger partial charge in [-0.3, -0.25) is 19.5 Å². The predicted octanol–water partition coefficient (Wildman–Crippen LogP) is 2.24. The molecule has 2 aromatic heterocycles. The third-order valence-corrected chi connectivity index (χ3v) is 5.04. The van der Waals surface area contributed by atoms with Crippen LogP contribution in [0.3, 0.4) is 0 Å². The molecule has 0 fully saturated rings. The summed E-state index contributed by atoms with van der Waals surface area (Å²) in [5.74, 6) is -0.0952. The van der Waals surface area contributed by atoms with E-state index in [9.17, 15) is 14.4 Å². The van der Waals surface area contributed by atoms with Crippen LogP contribution < -0.4 is 16.4 Å². The molecule has 0 saturated carbocycles. The van der Waals surface area contributed by atoms with Crippen molar-refractivity contribution < 1.29 is 18.8 Å². The van der Waals surface area contributed by atoms with Crippen molar-refractivity contribution in [2.75, 3.05) is 5.32 Å². The lowest BCUT2D eigenvalue weighted by Crippen LogP contribution is -2.39. The van der Waals surface area contributed by atoms with Gasteiger partial charge in [0.05, 0.1) is 11.5 Å². The van der Waals surface area contributed by atoms with Crippen molar-refractivity contribution in [3.8, 4) is 11.6 Å². The molecule has 0 bridgehead atoms. The minimum atomic E-state index is -0.660. The quantitative estimate of drug-likeness (QED) is 0.466. The molecule has 1 aromatic carbocycles. The van der Waals surface area contributed by atoms with Crippen LogP contribution in [0.5, 0.6) is 0 Å². The third kappa shape index (κ3) is 5.47. The van der Waals surface area contributed by atoms with Crippen LogP contribution in [-0.4, -0.2) is 37.9 Å². The van der Waals surface area contributed by atoms with Crippen molar-refractivity contribution in [2.24, 2.45) is 5.73 Å². The molecule has 156 valence electrons. The second-order valence-corrected chi connectivity index (χ2v) is 7.53. The molecule has 0 radical (unpaired) electrons. The van der Waals surface area contributed by atoms with Crippen molar-refractivity contribution in [3.05, 3.63) is 48.7 Å². The van der Waals surface area contributed by atoms with Gasteiger partial charge in [-0.05, 0) is 31.2 Å². The highest BCUT2D eigenvalue weighted by atomic mass is 32.2. The largest absolute Gasteiger partial charge is 0.461 e. The summed E-state index contributed by atoms with van der Waals surface area (Å²) in [6.45, 7) is 1.86. The van der Waals surface area contributed by atoms with E-state index >= 15 is 0 Å². The van der Waals surface area contributed by atoms with E-state index in [2.05, 4.69) is 20.8 Å². The Kier molecular flexibility index (Phi) is 6.86. The zero-order chi connectivity index (χ0) is 21.5. The molecule has 3 rings (SSSR count). The van der Waals surface area contributed by atoms with Gasteiger partial charge in [0.15, 0.2) is 16.7 Å². The van der Waals surface area contributed by atoms with Gasteiger partial charge in [0, 0.05) is 18.7 Å². The predicted molar refractivity (Wildman–Crippen MR) is 110 cm³/mol. The molecular weight excluding hydrogens is 408 g/mol. The van der Waals surface area contributed by atoms with Crippen LogP contribution in [0.25, 0.3) is 11.6 Å². The molecular formula is C19H20N6O4S. The minimum Gasteiger partial charge on any atom is -0.461 e. The Labute approximate surface area is 176 Å². The number of imide groups is 1. The van der Waals surface area contributed by atoms with Gasteiger partial charge in [-0.1, -0.05) is 30.0 Å². The van der Waals surface area contributed by atoms with E-state index in [-0.39, 0.29) is 13.0 Å². The molecule has 1 atom stereocenters. The molecule has 0 aliphatic rings. The van der Waals surface area contributed by atoms with E-state index in [4.69, 9.17) is 10.2 Å². The molecule has 0 saturated heterocycles. The molecule has 3 aromatic rings. The Bertz CT molecular complexity index is 1020. The molecule has 4 N–H and O–H groups in total. The van der Waals surface area contributed by atoms with Crippen molar-refractivity contribution in [2.45, 2.75) is 30.3 Å². The molecule has 1 unspecified atom stereocenters. The smallest absolute Gasteiger partial charge is 0.325 e. The Morgan fingerprint density at radius 3 is 2.60 bits per heavy atom. The summed E-state index contributed by atoms with van der Waals surface area (Å²) in [6, 6.07) is 11.6. The van der Waals surface area contributed by atoms with Gasteiger partial charge in [0.1, 0.15) is 0 Å². The standard InChI is InChI=1S/C19H20N6O4S/c1-12(17(27)22-18(28)21-13-6-3-2-4-7-13)30-19-24-23-16(14-8-5-11-29-14)25(19)10-9-15(20)26/h2-8,11-12H,9-10H2,1H3,(H2,20,26)(H2,21,22,27,28). The molecule has 0 aliphatic carbocycles. The molecule has 0 spiro atoms. The number of rotatable bonds is 8. The number of thioether (sulfide) groups is 1. The Hall–Kier alpha value is -3.60. The van der Waals surface area contributed by atoms with Crippen LogP contribution in [0.4, 0.5) is 10.5 Å². The molecule has 2 heterocycles. The first-order chi connectivity index (χ1) is 14.4. The Morgan fingerprint density at radius 2 is 1.93 bits per heavy atom. The number of nitrogens with one attached hydrogen (secondary N) is 2. The summed E-state index contributed by atoms with van der Waals surface area (Å²) >= 11 is 1.10. The number of hydrogen-bond donors (Lipinski definition) is 3. The number of anilines is 1. The first-order valence-corrected chi connectivity index (χ1v) is 9.91. The fourth-order valence-corrected chi connectivity index (χ4v) is 3.37. The lowest BCUT2D eigenvalue weighted by atomic mass is 10.3. The Balaban J connectivity index is 1.67. The van der Waals surface area contributed by atoms with Gasteiger partial charge in [0.25, 0.3) is 0 Å². The van der Waals surface area contributed by atoms with Crippen LogP contribution in [0.1, 0.15) is 13.3 Å². The van der Waals surface area contributed by atoms with Crippen LogP contribution in [0.2, 0.25) is 0 Å². The van der Waals surface area contributed by atoms with Crippen LogP contribution >= 0.6 is 11.8 Å². The number of carbonyl (C=O) groups is 3. The fraction of sp³-hybridized carbons (Fsp3) is 0.211. The number of nitrogens with two attached hydrogens (primary N) is 1. The zero-order valence-electron chi connectivity index (χ0n) is 16.1. The number of carbonyl (C=O) groups excluding carboxylic acids is 3. The summed E-state index contributed by atoms with van der Waals surface area (Å²) < 4.78 is 7.02. The second kappa shape index (κ2) is 9.74. The van der Waals surface area contributed by atoms with Crippen LogP contribution in [-0.2, 0) is 16.1 Å². The van der Waals surface area contributed by atoms with Gasteiger partial charge >= 0.3 is 6.03 Å². The van der Waals surface area contributed by atoms with E-state index in [1.165, 1.54) is 6.26 Å². The van der Waals surface area contributed by atoms with Gasteiger partial charge in [-0.25, -0.2) is 4.79 Å². The van der Waals surface area contributed by atoms with E-state index < -0.39 is 23.1 Å². The monoisotopic (exact) mass is 428 g/mol. The van der Waals surface area contributed by atoms with Gasteiger partial charge < -0.3 is 15.5 Å². The molecule has 10 nitrogen and oxygen atoms in total. The van der Waals surface area contributed by atoms with Crippen molar-refractivity contribution in [1.82, 2.24) is 20.1 Å². The number of hydrogen-bond acceptors (Lipinski definition) is 7. The van der Waals surface area contributed by atoms with E-state index in [0.29, 0.717) is 22.4 Å². The lowest BCUT2D eigenvalue weighted by molar-refractivity contribution is -0.119. The summed E-state index contributed by atoms with van der Waals surface area (Å²) in [4.78, 5) is 35.7. The summed E-state index contributed by atoms with van der Waals surface area (Å²) in [5.41, 5.74) is 5.83. The van der Waals surface area contributed by atoms with Gasteiger partial charge in [0.2, 0.25) is 11.8 Å². The molecule has 11 heteroatoms. The highest BCUT2D eigenvalue weighted by Gasteiger charge is 2.23. The molecule has 4 amide bonds. The summed E-state index contributed by atoms with van der Waals surface area (Å²) in [7, 11) is 0. The topological polar surface area (TPSA) is 145 Å². The number of benzene rings is 1. The number of furan rings is 1. The van der Waals surface area contributed by atoms with Crippen LogP contribution in [0, 0.1) is 0 Å². The highest BCUT2D eigenvalue weighted by molar-refractivity contribution is 8.00. The number of urea groups is 1. The fourth-order valence-electron chi connectivity index (χ4n) is 2.50.